The van der Waals surface area contributed by atoms with E-state index in [1.807, 2.05) is 24.4 Å². The number of imidazole rings is 1. The summed E-state index contributed by atoms with van der Waals surface area (Å²) in [5, 5.41) is 12.7. The summed E-state index contributed by atoms with van der Waals surface area (Å²) in [7, 11) is 0. The number of rotatable bonds is 6. The number of para-hydroxylation sites is 1. The lowest BCUT2D eigenvalue weighted by Crippen LogP contribution is -2.19. The van der Waals surface area contributed by atoms with Crippen molar-refractivity contribution in [1.29, 1.82) is 0 Å². The van der Waals surface area contributed by atoms with E-state index < -0.39 is 0 Å². The van der Waals surface area contributed by atoms with Crippen LogP contribution >= 0.6 is 0 Å². The summed E-state index contributed by atoms with van der Waals surface area (Å²) < 4.78 is 2.25. The first-order chi connectivity index (χ1) is 26.2. The molecule has 0 aliphatic rings. The minimum Gasteiger partial charge on any atom is -0.507 e. The van der Waals surface area contributed by atoms with E-state index >= 15 is 0 Å². The van der Waals surface area contributed by atoms with Gasteiger partial charge in [-0.25, -0.2) is 4.98 Å². The number of phenolic OH excluding ortho intramolecular Hbond substituents is 1. The molecule has 4 nitrogen and oxygen atoms in total. The van der Waals surface area contributed by atoms with Gasteiger partial charge in [0.25, 0.3) is 0 Å². The summed E-state index contributed by atoms with van der Waals surface area (Å²) in [6.07, 6.45) is 1.86. The Balaban J connectivity index is 1.46. The van der Waals surface area contributed by atoms with Crippen LogP contribution in [0, 0.1) is 0 Å². The number of phenols is 1. The predicted octanol–water partition coefficient (Wildman–Crippen LogP) is 13.2. The van der Waals surface area contributed by atoms with E-state index in [0.717, 1.165) is 55.4 Å². The number of benzene rings is 6. The standard InChI is InChI=1S/C51H49N3O/c1-49(2,3)36-22-25-40(26-23-36)54-44-32-39(51(7,8)37-19-10-9-11-20-37)31-42(47(44)53-48(54)43-30-38(50(4,5)6)24-27-45(43)55)35-17-12-16-34(29-35)41-21-13-15-33-18-14-28-52-46(33)41/h9-32,55H,1-8H3. The Morgan fingerprint density at radius 2 is 1.13 bits per heavy atom. The Bertz CT molecular complexity index is 2680. The first kappa shape index (κ1) is 36.0. The van der Waals surface area contributed by atoms with Gasteiger partial charge in [0.2, 0.25) is 0 Å². The number of aromatic hydroxyl groups is 1. The van der Waals surface area contributed by atoms with E-state index in [1.54, 1.807) is 0 Å². The smallest absolute Gasteiger partial charge is 0.149 e. The maximum atomic E-state index is 11.6. The number of nitrogens with zero attached hydrogens (tertiary/aromatic N) is 3. The normalized spacial score (nSPS) is 12.4. The second kappa shape index (κ2) is 13.4. The van der Waals surface area contributed by atoms with Gasteiger partial charge in [-0.1, -0.05) is 146 Å². The maximum absolute atomic E-state index is 11.6. The third-order valence-corrected chi connectivity index (χ3v) is 11.2. The van der Waals surface area contributed by atoms with E-state index in [9.17, 15) is 5.11 Å². The van der Waals surface area contributed by atoms with Gasteiger partial charge < -0.3 is 5.11 Å². The fourth-order valence-corrected chi connectivity index (χ4v) is 7.71. The molecule has 0 spiro atoms. The van der Waals surface area contributed by atoms with Crippen LogP contribution in [0.2, 0.25) is 0 Å². The molecule has 0 saturated heterocycles. The molecule has 2 aromatic heterocycles. The minimum absolute atomic E-state index is 0.00232. The number of hydrogen-bond acceptors (Lipinski definition) is 3. The van der Waals surface area contributed by atoms with Crippen LogP contribution in [-0.4, -0.2) is 19.6 Å². The third-order valence-electron chi connectivity index (χ3n) is 11.2. The second-order valence-corrected chi connectivity index (χ2v) is 17.4. The van der Waals surface area contributed by atoms with E-state index in [2.05, 4.69) is 181 Å². The first-order valence-corrected chi connectivity index (χ1v) is 19.2. The molecule has 4 heteroatoms. The molecule has 0 amide bonds. The van der Waals surface area contributed by atoms with Gasteiger partial charge in [0.15, 0.2) is 0 Å². The fraction of sp³-hybridized carbons (Fsp3) is 0.216. The molecule has 0 saturated carbocycles. The molecule has 8 aromatic rings. The molecule has 0 radical (unpaired) electrons. The summed E-state index contributed by atoms with van der Waals surface area (Å²) in [4.78, 5) is 10.3. The largest absolute Gasteiger partial charge is 0.507 e. The Hall–Kier alpha value is -6.00. The highest BCUT2D eigenvalue weighted by Crippen LogP contribution is 2.43. The van der Waals surface area contributed by atoms with Gasteiger partial charge in [0.05, 0.1) is 22.1 Å². The van der Waals surface area contributed by atoms with Crippen molar-refractivity contribution >= 4 is 21.9 Å². The molecule has 6 aromatic carbocycles. The number of aromatic nitrogens is 3. The van der Waals surface area contributed by atoms with Crippen molar-refractivity contribution < 1.29 is 5.11 Å². The Kier molecular flexibility index (Phi) is 8.76. The number of pyridine rings is 1. The van der Waals surface area contributed by atoms with E-state index in [-0.39, 0.29) is 22.0 Å². The average Bonchev–Trinajstić information content (AvgIpc) is 3.56. The van der Waals surface area contributed by atoms with Crippen molar-refractivity contribution in [3.63, 3.8) is 0 Å². The van der Waals surface area contributed by atoms with Gasteiger partial charge in [-0.3, -0.25) is 9.55 Å². The molecule has 0 atom stereocenters. The van der Waals surface area contributed by atoms with Crippen LogP contribution in [0.4, 0.5) is 0 Å². The van der Waals surface area contributed by atoms with Gasteiger partial charge in [0.1, 0.15) is 11.6 Å². The average molecular weight is 720 g/mol. The topological polar surface area (TPSA) is 50.9 Å². The van der Waals surface area contributed by atoms with Gasteiger partial charge in [-0.05, 0) is 92.7 Å². The van der Waals surface area contributed by atoms with E-state index in [4.69, 9.17) is 9.97 Å². The maximum Gasteiger partial charge on any atom is 0.149 e. The zero-order valence-corrected chi connectivity index (χ0v) is 33.1. The molecular weight excluding hydrogens is 671 g/mol. The lowest BCUT2D eigenvalue weighted by Gasteiger charge is -2.27. The van der Waals surface area contributed by atoms with Crippen LogP contribution in [0.25, 0.3) is 61.3 Å². The molecule has 0 fully saturated rings. The number of hydrogen-bond donors (Lipinski definition) is 1. The molecule has 274 valence electrons. The van der Waals surface area contributed by atoms with Crippen LogP contribution in [0.15, 0.2) is 146 Å². The molecule has 0 unspecified atom stereocenters. The SMILES string of the molecule is CC(C)(C)c1ccc(-n2c(-c3cc(C(C)(C)C)ccc3O)nc3c(-c4cccc(-c5cccc6cccnc56)c4)cc(C(C)(C)c4ccccc4)cc32)cc1. The van der Waals surface area contributed by atoms with Crippen LogP contribution in [-0.2, 0) is 16.2 Å². The molecule has 8 rings (SSSR count). The molecule has 0 bridgehead atoms. The van der Waals surface area contributed by atoms with Crippen molar-refractivity contribution in [2.24, 2.45) is 0 Å². The van der Waals surface area contributed by atoms with Crippen LogP contribution < -0.4 is 0 Å². The minimum atomic E-state index is -0.332. The number of fused-ring (bicyclic) bond motifs is 2. The second-order valence-electron chi connectivity index (χ2n) is 17.4. The first-order valence-electron chi connectivity index (χ1n) is 19.2. The summed E-state index contributed by atoms with van der Waals surface area (Å²) in [5.41, 5.74) is 13.1. The lowest BCUT2D eigenvalue weighted by molar-refractivity contribution is 0.475. The third kappa shape index (κ3) is 6.61. The van der Waals surface area contributed by atoms with Gasteiger partial charge in [-0.15, -0.1) is 0 Å². The fourth-order valence-electron chi connectivity index (χ4n) is 7.71. The summed E-state index contributed by atoms with van der Waals surface area (Å²) in [6, 6.07) is 49.3. The lowest BCUT2D eigenvalue weighted by atomic mass is 9.77. The van der Waals surface area contributed by atoms with Crippen molar-refractivity contribution in [3.8, 4) is 45.1 Å². The quantitative estimate of drug-likeness (QED) is 0.186. The molecule has 1 N–H and O–H groups in total. The molecule has 55 heavy (non-hydrogen) atoms. The zero-order valence-electron chi connectivity index (χ0n) is 33.1. The van der Waals surface area contributed by atoms with Gasteiger partial charge in [-0.2, -0.15) is 0 Å². The Labute approximate surface area is 325 Å². The van der Waals surface area contributed by atoms with E-state index in [1.165, 1.54) is 16.7 Å². The summed E-state index contributed by atoms with van der Waals surface area (Å²) >= 11 is 0. The van der Waals surface area contributed by atoms with Crippen LogP contribution in [0.1, 0.15) is 77.6 Å². The highest BCUT2D eigenvalue weighted by atomic mass is 16.3. The van der Waals surface area contributed by atoms with Crippen LogP contribution in [0.5, 0.6) is 5.75 Å². The molecule has 0 aliphatic carbocycles. The van der Waals surface area contributed by atoms with Crippen molar-refractivity contribution in [2.75, 3.05) is 0 Å². The van der Waals surface area contributed by atoms with Gasteiger partial charge in [0, 0.05) is 33.8 Å². The Morgan fingerprint density at radius 3 is 1.84 bits per heavy atom. The van der Waals surface area contributed by atoms with Crippen molar-refractivity contribution in [2.45, 2.75) is 71.6 Å². The van der Waals surface area contributed by atoms with Crippen molar-refractivity contribution in [1.82, 2.24) is 14.5 Å². The van der Waals surface area contributed by atoms with Crippen LogP contribution in [0.3, 0.4) is 0 Å². The Morgan fingerprint density at radius 1 is 0.491 bits per heavy atom. The zero-order chi connectivity index (χ0) is 38.7. The predicted molar refractivity (Wildman–Crippen MR) is 230 cm³/mol. The van der Waals surface area contributed by atoms with Gasteiger partial charge >= 0.3 is 0 Å². The van der Waals surface area contributed by atoms with E-state index in [0.29, 0.717) is 11.4 Å². The van der Waals surface area contributed by atoms with Crippen molar-refractivity contribution in [3.05, 3.63) is 168 Å². The molecular formula is C51H49N3O. The molecule has 2 heterocycles. The highest BCUT2D eigenvalue weighted by molar-refractivity contribution is 5.99. The highest BCUT2D eigenvalue weighted by Gasteiger charge is 2.29. The molecule has 0 aliphatic heterocycles. The summed E-state index contributed by atoms with van der Waals surface area (Å²) in [6.45, 7) is 17.9. The summed E-state index contributed by atoms with van der Waals surface area (Å²) in [5.74, 6) is 0.903. The monoisotopic (exact) mass is 719 g/mol.